The number of alkyl halides is 3. The molecule has 0 unspecified atom stereocenters. The van der Waals surface area contributed by atoms with Gasteiger partial charge in [-0.15, -0.1) is 0 Å². The van der Waals surface area contributed by atoms with E-state index in [1.807, 2.05) is 4.90 Å². The van der Waals surface area contributed by atoms with Crippen LogP contribution in [0.2, 0.25) is 0 Å². The number of amides is 2. The third-order valence-electron chi connectivity index (χ3n) is 5.45. The average Bonchev–Trinajstić information content (AvgIpc) is 3.32. The van der Waals surface area contributed by atoms with Gasteiger partial charge in [-0.05, 0) is 43.3 Å². The summed E-state index contributed by atoms with van der Waals surface area (Å²) in [5.41, 5.74) is -1.70. The molecule has 0 radical (unpaired) electrons. The molecule has 4 rings (SSSR count). The molecule has 1 fully saturated rings. The van der Waals surface area contributed by atoms with Crippen LogP contribution in [-0.4, -0.2) is 64.5 Å². The number of halogens is 4. The first-order valence-electron chi connectivity index (χ1n) is 11.0. The predicted octanol–water partition coefficient (Wildman–Crippen LogP) is 3.96. The first-order chi connectivity index (χ1) is 17.2. The van der Waals surface area contributed by atoms with Crippen LogP contribution < -0.4 is 10.2 Å². The van der Waals surface area contributed by atoms with Crippen LogP contribution >= 0.6 is 0 Å². The molecular weight excluding hydrogens is 484 g/mol. The Balaban J connectivity index is 1.45. The SMILES string of the molecule is CCOC(=O)N1CCN(c2ccc(NC(=O)c3cn(-c4ccc(F)cc4)nc3C(F)(F)F)cn2)CC1. The number of ether oxygens (including phenoxy) is 1. The van der Waals surface area contributed by atoms with Gasteiger partial charge in [0, 0.05) is 32.4 Å². The molecule has 1 aromatic carbocycles. The van der Waals surface area contributed by atoms with Gasteiger partial charge in [-0.25, -0.2) is 18.9 Å². The van der Waals surface area contributed by atoms with Crippen LogP contribution in [0, 0.1) is 5.82 Å². The van der Waals surface area contributed by atoms with Gasteiger partial charge in [0.05, 0.1) is 29.7 Å². The largest absolute Gasteiger partial charge is 0.450 e. The second kappa shape index (κ2) is 10.2. The number of carbonyl (C=O) groups is 2. The molecule has 190 valence electrons. The molecular formula is C23H22F4N6O3. The number of benzene rings is 1. The zero-order valence-corrected chi connectivity index (χ0v) is 19.1. The first kappa shape index (κ1) is 24.9. The standard InChI is InChI=1S/C23H22F4N6O3/c1-2-36-22(35)32-11-9-31(10-12-32)19-8-5-16(13-28-19)29-21(34)18-14-33(30-20(18)23(25,26)27)17-6-3-15(24)4-7-17/h3-8,13-14H,2,9-12H2,1H3,(H,29,34). The Morgan fingerprint density at radius 2 is 1.75 bits per heavy atom. The highest BCUT2D eigenvalue weighted by molar-refractivity contribution is 6.05. The van der Waals surface area contributed by atoms with E-state index in [2.05, 4.69) is 15.4 Å². The van der Waals surface area contributed by atoms with Crippen LogP contribution in [-0.2, 0) is 10.9 Å². The van der Waals surface area contributed by atoms with Crippen molar-refractivity contribution in [1.82, 2.24) is 19.7 Å². The summed E-state index contributed by atoms with van der Waals surface area (Å²) in [6.45, 7) is 3.99. The molecule has 1 saturated heterocycles. The molecule has 1 aliphatic heterocycles. The topological polar surface area (TPSA) is 92.6 Å². The lowest BCUT2D eigenvalue weighted by molar-refractivity contribution is -0.141. The van der Waals surface area contributed by atoms with Gasteiger partial charge in [0.15, 0.2) is 5.69 Å². The molecule has 9 nitrogen and oxygen atoms in total. The van der Waals surface area contributed by atoms with E-state index in [0.717, 1.165) is 23.0 Å². The van der Waals surface area contributed by atoms with E-state index in [9.17, 15) is 27.2 Å². The van der Waals surface area contributed by atoms with Gasteiger partial charge in [-0.3, -0.25) is 4.79 Å². The molecule has 3 heterocycles. The Kier molecular flexibility index (Phi) is 7.08. The van der Waals surface area contributed by atoms with Crippen LogP contribution in [0.5, 0.6) is 0 Å². The normalized spacial score (nSPS) is 14.0. The van der Waals surface area contributed by atoms with E-state index < -0.39 is 29.2 Å². The van der Waals surface area contributed by atoms with Gasteiger partial charge in [-0.1, -0.05) is 0 Å². The van der Waals surface area contributed by atoms with Crippen molar-refractivity contribution in [3.05, 3.63) is 65.9 Å². The van der Waals surface area contributed by atoms with Crippen LogP contribution in [0.1, 0.15) is 23.0 Å². The summed E-state index contributed by atoms with van der Waals surface area (Å²) in [7, 11) is 0. The zero-order valence-electron chi connectivity index (χ0n) is 19.1. The van der Waals surface area contributed by atoms with Gasteiger partial charge in [-0.2, -0.15) is 18.3 Å². The molecule has 36 heavy (non-hydrogen) atoms. The van der Waals surface area contributed by atoms with Gasteiger partial charge < -0.3 is 19.9 Å². The number of rotatable bonds is 5. The molecule has 0 saturated carbocycles. The monoisotopic (exact) mass is 506 g/mol. The molecule has 0 bridgehead atoms. The lowest BCUT2D eigenvalue weighted by atomic mass is 10.2. The summed E-state index contributed by atoms with van der Waals surface area (Å²) in [5, 5.41) is 5.91. The molecule has 13 heteroatoms. The number of anilines is 2. The third kappa shape index (κ3) is 5.56. The minimum Gasteiger partial charge on any atom is -0.450 e. The van der Waals surface area contributed by atoms with E-state index in [1.165, 1.54) is 24.4 Å². The fourth-order valence-electron chi connectivity index (χ4n) is 3.65. The molecule has 1 N–H and O–H groups in total. The number of hydrogen-bond acceptors (Lipinski definition) is 6. The molecule has 2 aromatic heterocycles. The summed E-state index contributed by atoms with van der Waals surface area (Å²) in [6.07, 6.45) is -2.98. The number of piperazine rings is 1. The fourth-order valence-corrected chi connectivity index (χ4v) is 3.65. The van der Waals surface area contributed by atoms with Gasteiger partial charge in [0.1, 0.15) is 11.6 Å². The van der Waals surface area contributed by atoms with Crippen molar-refractivity contribution in [1.29, 1.82) is 0 Å². The fraction of sp³-hybridized carbons (Fsp3) is 0.304. The summed E-state index contributed by atoms with van der Waals surface area (Å²) in [6, 6.07) is 7.80. The van der Waals surface area contributed by atoms with Crippen LogP contribution in [0.15, 0.2) is 48.8 Å². The smallest absolute Gasteiger partial charge is 0.435 e. The number of nitrogens with zero attached hydrogens (tertiary/aromatic N) is 5. The number of pyridine rings is 1. The number of aromatic nitrogens is 3. The minimum atomic E-state index is -4.88. The van der Waals surface area contributed by atoms with Crippen molar-refractivity contribution in [3.8, 4) is 5.69 Å². The van der Waals surface area contributed by atoms with Crippen molar-refractivity contribution < 1.29 is 31.9 Å². The lowest BCUT2D eigenvalue weighted by Gasteiger charge is -2.34. The highest BCUT2D eigenvalue weighted by atomic mass is 19.4. The van der Waals surface area contributed by atoms with Gasteiger partial charge in [0.25, 0.3) is 5.91 Å². The number of carbonyl (C=O) groups excluding carboxylic acids is 2. The molecule has 1 aliphatic rings. The zero-order chi connectivity index (χ0) is 25.9. The maximum Gasteiger partial charge on any atom is 0.435 e. The quantitative estimate of drug-likeness (QED) is 0.527. The lowest BCUT2D eigenvalue weighted by Crippen LogP contribution is -2.49. The number of hydrogen-bond donors (Lipinski definition) is 1. The van der Waals surface area contributed by atoms with E-state index in [-0.39, 0.29) is 17.5 Å². The van der Waals surface area contributed by atoms with Crippen LogP contribution in [0.25, 0.3) is 5.69 Å². The Bertz CT molecular complexity index is 1220. The summed E-state index contributed by atoms with van der Waals surface area (Å²) in [5.74, 6) is -0.985. The highest BCUT2D eigenvalue weighted by Gasteiger charge is 2.39. The van der Waals surface area contributed by atoms with E-state index in [0.29, 0.717) is 38.6 Å². The maximum absolute atomic E-state index is 13.6. The third-order valence-corrected chi connectivity index (χ3v) is 5.45. The Morgan fingerprint density at radius 1 is 1.06 bits per heavy atom. The molecule has 0 atom stereocenters. The van der Waals surface area contributed by atoms with E-state index in [1.54, 1.807) is 17.9 Å². The average molecular weight is 506 g/mol. The molecule has 0 spiro atoms. The van der Waals surface area contributed by atoms with Crippen molar-refractivity contribution in [2.75, 3.05) is 43.0 Å². The summed E-state index contributed by atoms with van der Waals surface area (Å²) >= 11 is 0. The van der Waals surface area contributed by atoms with Crippen molar-refractivity contribution in [2.24, 2.45) is 0 Å². The number of nitrogens with one attached hydrogen (secondary N) is 1. The van der Waals surface area contributed by atoms with E-state index >= 15 is 0 Å². The molecule has 2 amide bonds. The highest BCUT2D eigenvalue weighted by Crippen LogP contribution is 2.32. The second-order valence-electron chi connectivity index (χ2n) is 7.84. The van der Waals surface area contributed by atoms with Crippen LogP contribution in [0.3, 0.4) is 0 Å². The Labute approximate surface area is 203 Å². The predicted molar refractivity (Wildman–Crippen MR) is 122 cm³/mol. The van der Waals surface area contributed by atoms with Crippen molar-refractivity contribution in [2.45, 2.75) is 13.1 Å². The van der Waals surface area contributed by atoms with Gasteiger partial charge in [0.2, 0.25) is 0 Å². The van der Waals surface area contributed by atoms with Crippen LogP contribution in [0.4, 0.5) is 33.9 Å². The second-order valence-corrected chi connectivity index (χ2v) is 7.84. The Morgan fingerprint density at radius 3 is 2.33 bits per heavy atom. The first-order valence-corrected chi connectivity index (χ1v) is 11.0. The van der Waals surface area contributed by atoms with E-state index in [4.69, 9.17) is 4.74 Å². The summed E-state index contributed by atoms with van der Waals surface area (Å²) < 4.78 is 59.7. The molecule has 0 aliphatic carbocycles. The van der Waals surface area contributed by atoms with Gasteiger partial charge >= 0.3 is 12.3 Å². The van der Waals surface area contributed by atoms with Crippen molar-refractivity contribution >= 4 is 23.5 Å². The summed E-state index contributed by atoms with van der Waals surface area (Å²) in [4.78, 5) is 32.4. The Hall–Kier alpha value is -4.16. The maximum atomic E-state index is 13.6. The van der Waals surface area contributed by atoms with Crippen molar-refractivity contribution in [3.63, 3.8) is 0 Å². The minimum absolute atomic E-state index is 0.162. The molecule has 3 aromatic rings.